The minimum Gasteiger partial charge on any atom is -0.268 e. The first kappa shape index (κ1) is 21.1. The van der Waals surface area contributed by atoms with Gasteiger partial charge >= 0.3 is 0 Å². The van der Waals surface area contributed by atoms with Crippen molar-refractivity contribution >= 4 is 27.5 Å². The molecule has 0 N–H and O–H groups in total. The lowest BCUT2D eigenvalue weighted by Crippen LogP contribution is -2.16. The van der Waals surface area contributed by atoms with Gasteiger partial charge in [-0.1, -0.05) is 84.9 Å². The Bertz CT molecular complexity index is 1940. The Morgan fingerprint density at radius 2 is 1.08 bits per heavy atom. The first-order valence-corrected chi connectivity index (χ1v) is 12.0. The van der Waals surface area contributed by atoms with Crippen molar-refractivity contribution in [3.8, 4) is 34.2 Å². The van der Waals surface area contributed by atoms with E-state index >= 15 is 0 Å². The van der Waals surface area contributed by atoms with Crippen LogP contribution >= 0.6 is 0 Å². The summed E-state index contributed by atoms with van der Waals surface area (Å²) in [7, 11) is 0. The maximum Gasteiger partial charge on any atom is 0.266 e. The minimum absolute atomic E-state index is 0.103. The van der Waals surface area contributed by atoms with Gasteiger partial charge < -0.3 is 0 Å². The standard InChI is InChI=1S/C31H19N5O/c37-31-24-13-7-8-14-25(24)32-27-18-17-20-15-16-23(19-26(20)36(27)31)30-34-28(21-9-3-1-4-10-21)33-29(35-30)22-11-5-2-6-12-22/h1-19H. The molecule has 0 aliphatic carbocycles. The second-order valence-corrected chi connectivity index (χ2v) is 8.77. The zero-order valence-electron chi connectivity index (χ0n) is 19.6. The number of fused-ring (bicyclic) bond motifs is 4. The summed E-state index contributed by atoms with van der Waals surface area (Å²) < 4.78 is 1.67. The molecule has 4 aromatic carbocycles. The Kier molecular flexibility index (Phi) is 4.82. The molecule has 7 rings (SSSR count). The average molecular weight is 478 g/mol. The van der Waals surface area contributed by atoms with Gasteiger partial charge in [0.25, 0.3) is 5.56 Å². The van der Waals surface area contributed by atoms with Crippen molar-refractivity contribution in [2.45, 2.75) is 0 Å². The molecular weight excluding hydrogens is 458 g/mol. The summed E-state index contributed by atoms with van der Waals surface area (Å²) in [5.74, 6) is 1.72. The maximum absolute atomic E-state index is 13.5. The van der Waals surface area contributed by atoms with E-state index < -0.39 is 0 Å². The number of pyridine rings is 1. The van der Waals surface area contributed by atoms with Gasteiger partial charge in [-0.25, -0.2) is 19.9 Å². The predicted octanol–water partition coefficient (Wildman–Crippen LogP) is 6.19. The summed E-state index contributed by atoms with van der Waals surface area (Å²) in [4.78, 5) is 32.7. The van der Waals surface area contributed by atoms with Crippen molar-refractivity contribution < 1.29 is 0 Å². The molecule has 0 aliphatic heterocycles. The Morgan fingerprint density at radius 3 is 1.76 bits per heavy atom. The summed E-state index contributed by atoms with van der Waals surface area (Å²) in [5, 5.41) is 1.51. The molecule has 174 valence electrons. The zero-order chi connectivity index (χ0) is 24.8. The summed E-state index contributed by atoms with van der Waals surface area (Å²) >= 11 is 0. The number of para-hydroxylation sites is 1. The average Bonchev–Trinajstić information content (AvgIpc) is 2.97. The van der Waals surface area contributed by atoms with Gasteiger partial charge in [-0.15, -0.1) is 0 Å². The SMILES string of the molecule is O=c1c2ccccc2nc2ccc3ccc(-c4nc(-c5ccccc5)nc(-c5ccccc5)n4)cc3n12. The smallest absolute Gasteiger partial charge is 0.266 e. The molecule has 0 saturated heterocycles. The Labute approximate surface area is 211 Å². The molecule has 0 atom stereocenters. The molecule has 0 bridgehead atoms. The molecule has 7 aromatic rings. The number of aromatic nitrogens is 5. The summed E-state index contributed by atoms with van der Waals surface area (Å²) in [6.07, 6.45) is 0. The van der Waals surface area contributed by atoms with E-state index in [-0.39, 0.29) is 5.56 Å². The van der Waals surface area contributed by atoms with E-state index in [9.17, 15) is 4.79 Å². The van der Waals surface area contributed by atoms with Crippen LogP contribution < -0.4 is 5.56 Å². The third-order valence-corrected chi connectivity index (χ3v) is 6.44. The second-order valence-electron chi connectivity index (χ2n) is 8.77. The highest BCUT2D eigenvalue weighted by molar-refractivity contribution is 5.88. The van der Waals surface area contributed by atoms with Crippen LogP contribution in [0.15, 0.2) is 120 Å². The van der Waals surface area contributed by atoms with Crippen LogP contribution in [0.2, 0.25) is 0 Å². The molecule has 0 saturated carbocycles. The Balaban J connectivity index is 1.49. The largest absolute Gasteiger partial charge is 0.268 e. The van der Waals surface area contributed by atoms with Crippen LogP contribution in [-0.4, -0.2) is 24.3 Å². The molecule has 0 amide bonds. The van der Waals surface area contributed by atoms with E-state index in [1.54, 1.807) is 4.40 Å². The van der Waals surface area contributed by atoms with Crippen LogP contribution in [0, 0.1) is 0 Å². The van der Waals surface area contributed by atoms with Gasteiger partial charge in [0.2, 0.25) is 0 Å². The third kappa shape index (κ3) is 3.63. The Hall–Kier alpha value is -5.23. The van der Waals surface area contributed by atoms with E-state index in [4.69, 9.17) is 19.9 Å². The topological polar surface area (TPSA) is 73.0 Å². The highest BCUT2D eigenvalue weighted by Crippen LogP contribution is 2.27. The van der Waals surface area contributed by atoms with Crippen LogP contribution in [0.4, 0.5) is 0 Å². The second kappa shape index (κ2) is 8.46. The number of nitrogens with zero attached hydrogens (tertiary/aromatic N) is 5. The molecule has 6 heteroatoms. The third-order valence-electron chi connectivity index (χ3n) is 6.44. The molecule has 6 nitrogen and oxygen atoms in total. The van der Waals surface area contributed by atoms with E-state index in [0.717, 1.165) is 27.6 Å². The highest BCUT2D eigenvalue weighted by atomic mass is 16.1. The quantitative estimate of drug-likeness (QED) is 0.224. The molecule has 0 unspecified atom stereocenters. The zero-order valence-corrected chi connectivity index (χ0v) is 19.6. The highest BCUT2D eigenvalue weighted by Gasteiger charge is 2.14. The lowest BCUT2D eigenvalue weighted by Gasteiger charge is -2.11. The normalized spacial score (nSPS) is 11.4. The molecular formula is C31H19N5O. The molecule has 0 aliphatic rings. The molecule has 0 radical (unpaired) electrons. The fourth-order valence-electron chi connectivity index (χ4n) is 4.61. The monoisotopic (exact) mass is 477 g/mol. The first-order valence-electron chi connectivity index (χ1n) is 12.0. The van der Waals surface area contributed by atoms with Gasteiger partial charge in [-0.05, 0) is 35.7 Å². The number of hydrogen-bond donors (Lipinski definition) is 0. The van der Waals surface area contributed by atoms with Gasteiger partial charge in [-0.3, -0.25) is 9.20 Å². The van der Waals surface area contributed by atoms with Gasteiger partial charge in [0.1, 0.15) is 5.65 Å². The summed E-state index contributed by atoms with van der Waals surface area (Å²) in [5.41, 5.74) is 4.52. The van der Waals surface area contributed by atoms with Crippen LogP contribution in [0.3, 0.4) is 0 Å². The van der Waals surface area contributed by atoms with Gasteiger partial charge in [0, 0.05) is 16.7 Å². The van der Waals surface area contributed by atoms with Gasteiger partial charge in [-0.2, -0.15) is 0 Å². The molecule has 3 aromatic heterocycles. The molecule has 0 spiro atoms. The van der Waals surface area contributed by atoms with E-state index in [1.807, 2.05) is 115 Å². The van der Waals surface area contributed by atoms with Crippen molar-refractivity contribution in [1.29, 1.82) is 0 Å². The fourth-order valence-corrected chi connectivity index (χ4v) is 4.61. The van der Waals surface area contributed by atoms with E-state index in [0.29, 0.717) is 34.0 Å². The first-order chi connectivity index (χ1) is 18.2. The maximum atomic E-state index is 13.5. The number of rotatable bonds is 3. The van der Waals surface area contributed by atoms with Crippen LogP contribution in [0.25, 0.3) is 61.6 Å². The molecule has 3 heterocycles. The van der Waals surface area contributed by atoms with Crippen LogP contribution in [0.1, 0.15) is 0 Å². The summed E-state index contributed by atoms with van der Waals surface area (Å²) in [6.45, 7) is 0. The predicted molar refractivity (Wildman–Crippen MR) is 146 cm³/mol. The lowest BCUT2D eigenvalue weighted by molar-refractivity contribution is 1.07. The number of benzene rings is 4. The van der Waals surface area contributed by atoms with Crippen LogP contribution in [-0.2, 0) is 0 Å². The van der Waals surface area contributed by atoms with Crippen molar-refractivity contribution in [2.75, 3.05) is 0 Å². The van der Waals surface area contributed by atoms with Gasteiger partial charge in [0.05, 0.1) is 16.4 Å². The fraction of sp³-hybridized carbons (Fsp3) is 0. The minimum atomic E-state index is -0.103. The van der Waals surface area contributed by atoms with Crippen molar-refractivity contribution in [3.05, 3.63) is 126 Å². The van der Waals surface area contributed by atoms with E-state index in [1.165, 1.54) is 0 Å². The lowest BCUT2D eigenvalue weighted by atomic mass is 10.1. The van der Waals surface area contributed by atoms with E-state index in [2.05, 4.69) is 0 Å². The van der Waals surface area contributed by atoms with Crippen molar-refractivity contribution in [3.63, 3.8) is 0 Å². The molecule has 0 fully saturated rings. The van der Waals surface area contributed by atoms with Crippen molar-refractivity contribution in [1.82, 2.24) is 24.3 Å². The Morgan fingerprint density at radius 1 is 0.514 bits per heavy atom. The van der Waals surface area contributed by atoms with Gasteiger partial charge in [0.15, 0.2) is 17.5 Å². The molecule has 37 heavy (non-hydrogen) atoms. The summed E-state index contributed by atoms with van der Waals surface area (Å²) in [6, 6.07) is 36.9. The number of hydrogen-bond acceptors (Lipinski definition) is 5. The van der Waals surface area contributed by atoms with Crippen LogP contribution in [0.5, 0.6) is 0 Å². The van der Waals surface area contributed by atoms with Crippen molar-refractivity contribution in [2.24, 2.45) is 0 Å².